The molecule has 4 aromatic rings. The quantitative estimate of drug-likeness (QED) is 0.470. The molecule has 1 heterocycles. The Morgan fingerprint density at radius 3 is 2.48 bits per heavy atom. The SMILES string of the molecule is COc1ccccc1[C@H](CC(=O)NCc1ccccc1)c1c[nH]c2ccccc12. The number of nitrogens with one attached hydrogen (secondary N) is 2. The van der Waals surface area contributed by atoms with Crippen LogP contribution in [0.1, 0.15) is 29.0 Å². The number of methoxy groups -OCH3 is 1. The van der Waals surface area contributed by atoms with Gasteiger partial charge in [-0.05, 0) is 23.3 Å². The second-order valence-corrected chi connectivity index (χ2v) is 7.05. The number of ether oxygens (including phenoxy) is 1. The van der Waals surface area contributed by atoms with Crippen molar-refractivity contribution in [1.82, 2.24) is 10.3 Å². The summed E-state index contributed by atoms with van der Waals surface area (Å²) in [6.07, 6.45) is 2.35. The van der Waals surface area contributed by atoms with Crippen molar-refractivity contribution in [2.75, 3.05) is 7.11 Å². The molecule has 29 heavy (non-hydrogen) atoms. The molecule has 0 spiro atoms. The van der Waals surface area contributed by atoms with Crippen molar-refractivity contribution >= 4 is 16.8 Å². The summed E-state index contributed by atoms with van der Waals surface area (Å²) < 4.78 is 5.61. The van der Waals surface area contributed by atoms with E-state index in [9.17, 15) is 4.79 Å². The van der Waals surface area contributed by atoms with Gasteiger partial charge in [0.15, 0.2) is 0 Å². The molecule has 0 aliphatic carbocycles. The molecule has 0 saturated carbocycles. The maximum atomic E-state index is 12.9. The monoisotopic (exact) mass is 384 g/mol. The fourth-order valence-electron chi connectivity index (χ4n) is 3.78. The first-order valence-electron chi connectivity index (χ1n) is 9.76. The molecule has 0 bridgehead atoms. The number of amides is 1. The molecule has 0 aliphatic heterocycles. The number of aromatic nitrogens is 1. The molecule has 4 heteroatoms. The molecule has 0 aliphatic rings. The Labute approximate surface area is 170 Å². The third kappa shape index (κ3) is 4.16. The van der Waals surface area contributed by atoms with Crippen LogP contribution in [0.3, 0.4) is 0 Å². The number of benzene rings is 3. The van der Waals surface area contributed by atoms with Crippen molar-refractivity contribution < 1.29 is 9.53 Å². The van der Waals surface area contributed by atoms with Crippen LogP contribution in [0.2, 0.25) is 0 Å². The van der Waals surface area contributed by atoms with Crippen LogP contribution in [0.25, 0.3) is 10.9 Å². The second-order valence-electron chi connectivity index (χ2n) is 7.05. The van der Waals surface area contributed by atoms with Crippen molar-refractivity contribution in [2.24, 2.45) is 0 Å². The molecule has 4 nitrogen and oxygen atoms in total. The number of fused-ring (bicyclic) bond motifs is 1. The first-order chi connectivity index (χ1) is 14.3. The molecule has 0 radical (unpaired) electrons. The Morgan fingerprint density at radius 2 is 1.66 bits per heavy atom. The smallest absolute Gasteiger partial charge is 0.221 e. The Hall–Kier alpha value is -3.53. The van der Waals surface area contributed by atoms with E-state index in [0.29, 0.717) is 13.0 Å². The summed E-state index contributed by atoms with van der Waals surface area (Å²) in [5.74, 6) is 0.687. The highest BCUT2D eigenvalue weighted by molar-refractivity contribution is 5.86. The van der Waals surface area contributed by atoms with E-state index in [-0.39, 0.29) is 11.8 Å². The lowest BCUT2D eigenvalue weighted by atomic mass is 9.87. The van der Waals surface area contributed by atoms with Crippen LogP contribution in [-0.2, 0) is 11.3 Å². The Balaban J connectivity index is 1.64. The highest BCUT2D eigenvalue weighted by atomic mass is 16.5. The topological polar surface area (TPSA) is 54.1 Å². The third-order valence-corrected chi connectivity index (χ3v) is 5.23. The van der Waals surface area contributed by atoms with E-state index in [2.05, 4.69) is 16.4 Å². The van der Waals surface area contributed by atoms with Crippen molar-refractivity contribution in [1.29, 1.82) is 0 Å². The minimum absolute atomic E-state index is 0.00930. The van der Waals surface area contributed by atoms with Crippen LogP contribution in [0.4, 0.5) is 0 Å². The predicted molar refractivity (Wildman–Crippen MR) is 116 cm³/mol. The fourth-order valence-corrected chi connectivity index (χ4v) is 3.78. The Bertz CT molecular complexity index is 1100. The van der Waals surface area contributed by atoms with Crippen molar-refractivity contribution in [3.63, 3.8) is 0 Å². The van der Waals surface area contributed by atoms with E-state index in [1.165, 1.54) is 0 Å². The standard InChI is InChI=1S/C25H24N2O2/c1-29-24-14-8-6-12-20(24)21(22-17-26-23-13-7-5-11-19(22)23)15-25(28)27-16-18-9-3-2-4-10-18/h2-14,17,21,26H,15-16H2,1H3,(H,27,28)/t21-/m0/s1. The first kappa shape index (κ1) is 18.8. The molecular weight excluding hydrogens is 360 g/mol. The zero-order valence-corrected chi connectivity index (χ0v) is 16.4. The van der Waals surface area contributed by atoms with E-state index in [0.717, 1.165) is 33.3 Å². The first-order valence-corrected chi connectivity index (χ1v) is 9.76. The lowest BCUT2D eigenvalue weighted by Gasteiger charge is -2.20. The minimum atomic E-state index is -0.113. The lowest BCUT2D eigenvalue weighted by molar-refractivity contribution is -0.121. The van der Waals surface area contributed by atoms with Gasteiger partial charge in [0, 0.05) is 41.5 Å². The number of carbonyl (C=O) groups is 1. The van der Waals surface area contributed by atoms with Gasteiger partial charge in [-0.2, -0.15) is 0 Å². The maximum Gasteiger partial charge on any atom is 0.221 e. The molecule has 0 unspecified atom stereocenters. The van der Waals surface area contributed by atoms with E-state index in [1.54, 1.807) is 7.11 Å². The van der Waals surface area contributed by atoms with Crippen LogP contribution in [-0.4, -0.2) is 18.0 Å². The highest BCUT2D eigenvalue weighted by Gasteiger charge is 2.24. The van der Waals surface area contributed by atoms with Crippen LogP contribution >= 0.6 is 0 Å². The van der Waals surface area contributed by atoms with Gasteiger partial charge in [-0.1, -0.05) is 66.7 Å². The molecule has 0 saturated heterocycles. The molecular formula is C25H24N2O2. The normalized spacial score (nSPS) is 11.9. The summed E-state index contributed by atoms with van der Waals surface area (Å²) in [5.41, 5.74) is 4.25. The van der Waals surface area contributed by atoms with Crippen molar-refractivity contribution in [3.8, 4) is 5.75 Å². The molecule has 1 atom stereocenters. The average molecular weight is 384 g/mol. The number of rotatable bonds is 7. The summed E-state index contributed by atoms with van der Waals surface area (Å²) in [7, 11) is 1.67. The molecule has 0 fully saturated rings. The summed E-state index contributed by atoms with van der Waals surface area (Å²) in [4.78, 5) is 16.2. The van der Waals surface area contributed by atoms with E-state index >= 15 is 0 Å². The predicted octanol–water partition coefficient (Wildman–Crippen LogP) is 5.01. The van der Waals surface area contributed by atoms with Crippen LogP contribution in [0, 0.1) is 0 Å². The van der Waals surface area contributed by atoms with E-state index in [4.69, 9.17) is 4.74 Å². The van der Waals surface area contributed by atoms with Gasteiger partial charge in [-0.15, -0.1) is 0 Å². The van der Waals surface area contributed by atoms with Crippen LogP contribution in [0.15, 0.2) is 85.1 Å². The van der Waals surface area contributed by atoms with Gasteiger partial charge in [0.1, 0.15) is 5.75 Å². The number of para-hydroxylation sites is 2. The summed E-state index contributed by atoms with van der Waals surface area (Å²) in [6.45, 7) is 0.520. The number of hydrogen-bond acceptors (Lipinski definition) is 2. The van der Waals surface area contributed by atoms with E-state index in [1.807, 2.05) is 79.0 Å². The van der Waals surface area contributed by atoms with Gasteiger partial charge < -0.3 is 15.0 Å². The van der Waals surface area contributed by atoms with Gasteiger partial charge >= 0.3 is 0 Å². The maximum absolute atomic E-state index is 12.9. The summed E-state index contributed by atoms with van der Waals surface area (Å²) >= 11 is 0. The Morgan fingerprint density at radius 1 is 0.931 bits per heavy atom. The number of hydrogen-bond donors (Lipinski definition) is 2. The minimum Gasteiger partial charge on any atom is -0.496 e. The molecule has 4 rings (SSSR count). The van der Waals surface area contributed by atoms with Gasteiger partial charge in [-0.25, -0.2) is 0 Å². The second kappa shape index (κ2) is 8.65. The van der Waals surface area contributed by atoms with Crippen LogP contribution in [0.5, 0.6) is 5.75 Å². The van der Waals surface area contributed by atoms with Gasteiger partial charge in [0.05, 0.1) is 7.11 Å². The zero-order chi connectivity index (χ0) is 20.1. The molecule has 2 N–H and O–H groups in total. The number of carbonyl (C=O) groups excluding carboxylic acids is 1. The molecule has 146 valence electrons. The molecule has 3 aromatic carbocycles. The highest BCUT2D eigenvalue weighted by Crippen LogP contribution is 2.37. The molecule has 1 amide bonds. The third-order valence-electron chi connectivity index (χ3n) is 5.23. The van der Waals surface area contributed by atoms with Crippen molar-refractivity contribution in [3.05, 3.63) is 102 Å². The molecule has 1 aromatic heterocycles. The van der Waals surface area contributed by atoms with E-state index < -0.39 is 0 Å². The fraction of sp³-hybridized carbons (Fsp3) is 0.160. The average Bonchev–Trinajstić information content (AvgIpc) is 3.21. The summed E-state index contributed by atoms with van der Waals surface area (Å²) in [5, 5.41) is 4.18. The zero-order valence-electron chi connectivity index (χ0n) is 16.4. The van der Waals surface area contributed by atoms with Gasteiger partial charge in [0.25, 0.3) is 0 Å². The van der Waals surface area contributed by atoms with Crippen molar-refractivity contribution in [2.45, 2.75) is 18.9 Å². The lowest BCUT2D eigenvalue weighted by Crippen LogP contribution is -2.25. The largest absolute Gasteiger partial charge is 0.496 e. The Kier molecular flexibility index (Phi) is 5.61. The summed E-state index contributed by atoms with van der Waals surface area (Å²) in [6, 6.07) is 26.0. The number of aromatic amines is 1. The van der Waals surface area contributed by atoms with Crippen LogP contribution < -0.4 is 10.1 Å². The van der Waals surface area contributed by atoms with Gasteiger partial charge in [-0.3, -0.25) is 4.79 Å². The number of H-pyrrole nitrogens is 1. The van der Waals surface area contributed by atoms with Gasteiger partial charge in [0.2, 0.25) is 5.91 Å².